The van der Waals surface area contributed by atoms with Crippen molar-refractivity contribution in [1.29, 1.82) is 0 Å². The van der Waals surface area contributed by atoms with Crippen molar-refractivity contribution in [3.63, 3.8) is 0 Å². The Bertz CT molecular complexity index is 586. The summed E-state index contributed by atoms with van der Waals surface area (Å²) in [6, 6.07) is 8.17. The second-order valence-electron chi connectivity index (χ2n) is 3.80. The summed E-state index contributed by atoms with van der Waals surface area (Å²) in [7, 11) is 1.81. The van der Waals surface area contributed by atoms with E-state index in [9.17, 15) is 10.1 Å². The van der Waals surface area contributed by atoms with Gasteiger partial charge < -0.3 is 4.90 Å². The number of hydrogen-bond acceptors (Lipinski definition) is 5. The highest BCUT2D eigenvalue weighted by atomic mass is 16.6. The van der Waals surface area contributed by atoms with E-state index in [0.717, 1.165) is 0 Å². The fourth-order valence-corrected chi connectivity index (χ4v) is 1.58. The van der Waals surface area contributed by atoms with Crippen LogP contribution in [0.4, 0.5) is 17.2 Å². The number of aromatic nitrogens is 2. The molecule has 0 aliphatic carbocycles. The van der Waals surface area contributed by atoms with Crippen molar-refractivity contribution in [2.24, 2.45) is 0 Å². The summed E-state index contributed by atoms with van der Waals surface area (Å²) in [6.07, 6.45) is 1.66. The van der Waals surface area contributed by atoms with E-state index in [4.69, 9.17) is 0 Å². The van der Waals surface area contributed by atoms with Crippen molar-refractivity contribution in [3.8, 4) is 0 Å². The molecule has 0 bridgehead atoms. The first-order chi connectivity index (χ1) is 8.58. The van der Waals surface area contributed by atoms with Crippen molar-refractivity contribution in [3.05, 3.63) is 52.5 Å². The number of anilines is 2. The van der Waals surface area contributed by atoms with E-state index in [1.54, 1.807) is 43.3 Å². The van der Waals surface area contributed by atoms with E-state index in [2.05, 4.69) is 9.97 Å². The molecular formula is C12H12N4O2. The molecule has 2 aromatic rings. The number of nitro groups is 1. The van der Waals surface area contributed by atoms with E-state index >= 15 is 0 Å². The molecule has 1 aromatic heterocycles. The average molecular weight is 244 g/mol. The van der Waals surface area contributed by atoms with Gasteiger partial charge in [0.2, 0.25) is 0 Å². The SMILES string of the molecule is Cc1nccc(N(C)c2cccc([N+](=O)[O-])c2)n1. The fraction of sp³-hybridized carbons (Fsp3) is 0.167. The zero-order valence-electron chi connectivity index (χ0n) is 10.1. The molecule has 6 nitrogen and oxygen atoms in total. The number of nitro benzene ring substituents is 1. The topological polar surface area (TPSA) is 72.2 Å². The van der Waals surface area contributed by atoms with Gasteiger partial charge in [0.05, 0.1) is 4.92 Å². The second-order valence-corrected chi connectivity index (χ2v) is 3.80. The zero-order valence-corrected chi connectivity index (χ0v) is 10.1. The normalized spacial score (nSPS) is 10.1. The Morgan fingerprint density at radius 1 is 1.33 bits per heavy atom. The van der Waals surface area contributed by atoms with Gasteiger partial charge in [0.15, 0.2) is 0 Å². The number of hydrogen-bond donors (Lipinski definition) is 0. The lowest BCUT2D eigenvalue weighted by Gasteiger charge is -2.17. The minimum atomic E-state index is -0.414. The molecule has 2 rings (SSSR count). The number of benzene rings is 1. The molecule has 0 N–H and O–H groups in total. The summed E-state index contributed by atoms with van der Waals surface area (Å²) in [5.74, 6) is 1.35. The molecule has 0 amide bonds. The molecule has 0 aliphatic heterocycles. The lowest BCUT2D eigenvalue weighted by Crippen LogP contribution is -2.12. The summed E-state index contributed by atoms with van der Waals surface area (Å²) in [6.45, 7) is 1.80. The first-order valence-electron chi connectivity index (χ1n) is 5.36. The molecule has 0 atom stereocenters. The summed E-state index contributed by atoms with van der Waals surface area (Å²) in [5.41, 5.74) is 0.771. The number of nitrogens with zero attached hydrogens (tertiary/aromatic N) is 4. The smallest absolute Gasteiger partial charge is 0.271 e. The van der Waals surface area contributed by atoms with Gasteiger partial charge in [0.25, 0.3) is 5.69 Å². The van der Waals surface area contributed by atoms with E-state index in [0.29, 0.717) is 17.3 Å². The van der Waals surface area contributed by atoms with Crippen molar-refractivity contribution >= 4 is 17.2 Å². The van der Waals surface area contributed by atoms with Crippen LogP contribution in [0.5, 0.6) is 0 Å². The Kier molecular flexibility index (Phi) is 3.18. The summed E-state index contributed by atoms with van der Waals surface area (Å²) >= 11 is 0. The third kappa shape index (κ3) is 2.42. The van der Waals surface area contributed by atoms with Crippen molar-refractivity contribution in [1.82, 2.24) is 9.97 Å². The van der Waals surface area contributed by atoms with E-state index in [1.165, 1.54) is 12.1 Å². The molecule has 0 aliphatic rings. The van der Waals surface area contributed by atoms with Crippen LogP contribution in [-0.2, 0) is 0 Å². The van der Waals surface area contributed by atoms with Gasteiger partial charge >= 0.3 is 0 Å². The Balaban J connectivity index is 2.36. The molecule has 0 fully saturated rings. The number of rotatable bonds is 3. The van der Waals surface area contributed by atoms with Gasteiger partial charge in [-0.15, -0.1) is 0 Å². The Hall–Kier alpha value is -2.50. The minimum Gasteiger partial charge on any atom is -0.329 e. The predicted octanol–water partition coefficient (Wildman–Crippen LogP) is 2.46. The summed E-state index contributed by atoms with van der Waals surface area (Å²) < 4.78 is 0. The molecule has 1 aromatic carbocycles. The van der Waals surface area contributed by atoms with Crippen LogP contribution >= 0.6 is 0 Å². The molecular weight excluding hydrogens is 232 g/mol. The van der Waals surface area contributed by atoms with E-state index in [-0.39, 0.29) is 5.69 Å². The highest BCUT2D eigenvalue weighted by Gasteiger charge is 2.10. The minimum absolute atomic E-state index is 0.0603. The largest absolute Gasteiger partial charge is 0.329 e. The summed E-state index contributed by atoms with van der Waals surface area (Å²) in [5, 5.41) is 10.7. The molecule has 0 saturated heterocycles. The third-order valence-corrected chi connectivity index (χ3v) is 2.53. The molecule has 6 heteroatoms. The highest BCUT2D eigenvalue weighted by Crippen LogP contribution is 2.25. The van der Waals surface area contributed by atoms with Gasteiger partial charge in [-0.1, -0.05) is 6.07 Å². The monoisotopic (exact) mass is 244 g/mol. The third-order valence-electron chi connectivity index (χ3n) is 2.53. The van der Waals surface area contributed by atoms with Gasteiger partial charge in [-0.3, -0.25) is 10.1 Å². The Morgan fingerprint density at radius 3 is 2.78 bits per heavy atom. The van der Waals surface area contributed by atoms with Crippen LogP contribution in [0.2, 0.25) is 0 Å². The Labute approximate surface area is 104 Å². The molecule has 1 heterocycles. The lowest BCUT2D eigenvalue weighted by molar-refractivity contribution is -0.384. The van der Waals surface area contributed by atoms with Gasteiger partial charge in [-0.05, 0) is 19.1 Å². The number of non-ortho nitro benzene ring substituents is 1. The van der Waals surface area contributed by atoms with E-state index in [1.807, 2.05) is 0 Å². The van der Waals surface area contributed by atoms with Crippen LogP contribution in [0.25, 0.3) is 0 Å². The quantitative estimate of drug-likeness (QED) is 0.612. The van der Waals surface area contributed by atoms with E-state index < -0.39 is 4.92 Å². The fourth-order valence-electron chi connectivity index (χ4n) is 1.58. The van der Waals surface area contributed by atoms with Crippen LogP contribution < -0.4 is 4.90 Å². The molecule has 0 radical (unpaired) electrons. The van der Waals surface area contributed by atoms with Crippen molar-refractivity contribution in [2.75, 3.05) is 11.9 Å². The van der Waals surface area contributed by atoms with Gasteiger partial charge in [0.1, 0.15) is 11.6 Å². The van der Waals surface area contributed by atoms with Crippen LogP contribution in [-0.4, -0.2) is 21.9 Å². The molecule has 0 unspecified atom stereocenters. The van der Waals surface area contributed by atoms with Gasteiger partial charge in [-0.25, -0.2) is 9.97 Å². The first kappa shape index (κ1) is 12.0. The van der Waals surface area contributed by atoms with Crippen LogP contribution in [0.1, 0.15) is 5.82 Å². The average Bonchev–Trinajstić information content (AvgIpc) is 2.38. The number of aryl methyl sites for hydroxylation is 1. The maximum Gasteiger partial charge on any atom is 0.271 e. The van der Waals surface area contributed by atoms with Crippen LogP contribution in [0.3, 0.4) is 0 Å². The summed E-state index contributed by atoms with van der Waals surface area (Å²) in [4.78, 5) is 20.4. The lowest BCUT2D eigenvalue weighted by atomic mass is 10.2. The van der Waals surface area contributed by atoms with Gasteiger partial charge in [0, 0.05) is 31.1 Å². The van der Waals surface area contributed by atoms with Crippen LogP contribution in [0.15, 0.2) is 36.5 Å². The highest BCUT2D eigenvalue weighted by molar-refractivity contribution is 5.61. The maximum atomic E-state index is 10.7. The molecule has 92 valence electrons. The van der Waals surface area contributed by atoms with Crippen molar-refractivity contribution in [2.45, 2.75) is 6.92 Å². The standard InChI is InChI=1S/C12H12N4O2/c1-9-13-7-6-12(14-9)15(2)10-4-3-5-11(8-10)16(17)18/h3-8H,1-2H3. The molecule has 18 heavy (non-hydrogen) atoms. The van der Waals surface area contributed by atoms with Gasteiger partial charge in [-0.2, -0.15) is 0 Å². The Morgan fingerprint density at radius 2 is 2.11 bits per heavy atom. The predicted molar refractivity (Wildman–Crippen MR) is 67.9 cm³/mol. The van der Waals surface area contributed by atoms with Crippen molar-refractivity contribution < 1.29 is 4.92 Å². The molecule has 0 saturated carbocycles. The van der Waals surface area contributed by atoms with Crippen LogP contribution in [0, 0.1) is 17.0 Å². The first-order valence-corrected chi connectivity index (χ1v) is 5.36. The maximum absolute atomic E-state index is 10.7. The molecule has 0 spiro atoms. The second kappa shape index (κ2) is 4.79. The zero-order chi connectivity index (χ0) is 13.1.